The molecule has 1 aliphatic rings. The Balaban J connectivity index is 1.48. The lowest BCUT2D eigenvalue weighted by Crippen LogP contribution is -2.42. The van der Waals surface area contributed by atoms with Crippen molar-refractivity contribution in [3.63, 3.8) is 0 Å². The van der Waals surface area contributed by atoms with Gasteiger partial charge in [0, 0.05) is 30.1 Å². The summed E-state index contributed by atoms with van der Waals surface area (Å²) in [4.78, 5) is 26.7. The van der Waals surface area contributed by atoms with E-state index in [0.29, 0.717) is 34.1 Å². The van der Waals surface area contributed by atoms with Crippen LogP contribution in [0.2, 0.25) is 5.02 Å². The molecular formula is C21H19ClF3N5O3. The zero-order valence-corrected chi connectivity index (χ0v) is 18.2. The highest BCUT2D eigenvalue weighted by molar-refractivity contribution is 6.30. The van der Waals surface area contributed by atoms with Crippen molar-refractivity contribution in [1.82, 2.24) is 19.8 Å². The second-order valence-electron chi connectivity index (χ2n) is 7.67. The summed E-state index contributed by atoms with van der Waals surface area (Å²) in [7, 11) is 0. The first-order valence-electron chi connectivity index (χ1n) is 10.1. The van der Waals surface area contributed by atoms with Gasteiger partial charge in [0.1, 0.15) is 5.76 Å². The summed E-state index contributed by atoms with van der Waals surface area (Å²) >= 11 is 5.82. The number of hydrogen-bond donors (Lipinski definition) is 1. The van der Waals surface area contributed by atoms with E-state index in [1.807, 2.05) is 0 Å². The molecule has 33 heavy (non-hydrogen) atoms. The summed E-state index contributed by atoms with van der Waals surface area (Å²) < 4.78 is 47.3. The van der Waals surface area contributed by atoms with Crippen molar-refractivity contribution in [3.8, 4) is 5.69 Å². The van der Waals surface area contributed by atoms with Gasteiger partial charge in [0.2, 0.25) is 5.91 Å². The minimum atomic E-state index is -4.81. The largest absolute Gasteiger partial charge is 0.434 e. The van der Waals surface area contributed by atoms with Gasteiger partial charge < -0.3 is 14.7 Å². The molecule has 0 atom stereocenters. The number of halogens is 4. The molecule has 0 bridgehead atoms. The third-order valence-electron chi connectivity index (χ3n) is 5.37. The number of nitrogens with one attached hydrogen (secondary N) is 1. The maximum absolute atomic E-state index is 13.9. The van der Waals surface area contributed by atoms with Crippen LogP contribution in [-0.4, -0.2) is 44.7 Å². The summed E-state index contributed by atoms with van der Waals surface area (Å²) in [6.07, 6.45) is -3.28. The maximum Gasteiger partial charge on any atom is 0.434 e. The van der Waals surface area contributed by atoms with Gasteiger partial charge in [-0.05, 0) is 44.0 Å². The van der Waals surface area contributed by atoms with Crippen LogP contribution >= 0.6 is 11.6 Å². The lowest BCUT2D eigenvalue weighted by atomic mass is 9.95. The Hall–Kier alpha value is -3.34. The van der Waals surface area contributed by atoms with Gasteiger partial charge in [0.05, 0.1) is 17.4 Å². The third kappa shape index (κ3) is 4.87. The highest BCUT2D eigenvalue weighted by Crippen LogP contribution is 2.35. The number of carbonyl (C=O) groups is 2. The molecule has 2 amide bonds. The van der Waals surface area contributed by atoms with Crippen molar-refractivity contribution in [2.45, 2.75) is 25.9 Å². The van der Waals surface area contributed by atoms with Gasteiger partial charge >= 0.3 is 6.18 Å². The smallest absolute Gasteiger partial charge is 0.360 e. The Morgan fingerprint density at radius 2 is 1.85 bits per heavy atom. The van der Waals surface area contributed by atoms with Gasteiger partial charge in [-0.25, -0.2) is 4.68 Å². The number of piperidine rings is 1. The van der Waals surface area contributed by atoms with E-state index in [4.69, 9.17) is 16.1 Å². The number of hydrogen-bond acceptors (Lipinski definition) is 5. The molecule has 1 aliphatic heterocycles. The lowest BCUT2D eigenvalue weighted by molar-refractivity contribution is -0.143. The van der Waals surface area contributed by atoms with Crippen molar-refractivity contribution in [2.24, 2.45) is 5.92 Å². The zero-order chi connectivity index (χ0) is 23.8. The predicted octanol–water partition coefficient (Wildman–Crippen LogP) is 4.33. The zero-order valence-electron chi connectivity index (χ0n) is 17.4. The molecular weight excluding hydrogens is 463 g/mol. The molecule has 1 N–H and O–H groups in total. The predicted molar refractivity (Wildman–Crippen MR) is 112 cm³/mol. The summed E-state index contributed by atoms with van der Waals surface area (Å²) in [6.45, 7) is 1.97. The minimum Gasteiger partial charge on any atom is -0.360 e. The van der Waals surface area contributed by atoms with Crippen molar-refractivity contribution < 1.29 is 27.3 Å². The van der Waals surface area contributed by atoms with E-state index in [0.717, 1.165) is 6.20 Å². The van der Waals surface area contributed by atoms with Crippen molar-refractivity contribution in [1.29, 1.82) is 0 Å². The number of amides is 2. The van der Waals surface area contributed by atoms with Gasteiger partial charge in [-0.15, -0.1) is 0 Å². The molecule has 1 fully saturated rings. The van der Waals surface area contributed by atoms with Gasteiger partial charge in [0.25, 0.3) is 5.91 Å². The molecule has 174 valence electrons. The molecule has 3 heterocycles. The van der Waals surface area contributed by atoms with Crippen LogP contribution in [0.1, 0.15) is 34.7 Å². The quantitative estimate of drug-likeness (QED) is 0.598. The van der Waals surface area contributed by atoms with Gasteiger partial charge in [-0.3, -0.25) is 9.59 Å². The van der Waals surface area contributed by atoms with Crippen LogP contribution in [0.3, 0.4) is 0 Å². The molecule has 0 radical (unpaired) electrons. The Bertz CT molecular complexity index is 1160. The normalized spacial score (nSPS) is 15.0. The van der Waals surface area contributed by atoms with Crippen molar-refractivity contribution in [3.05, 3.63) is 58.6 Å². The van der Waals surface area contributed by atoms with Crippen LogP contribution < -0.4 is 5.32 Å². The fraction of sp³-hybridized carbons (Fsp3) is 0.333. The second kappa shape index (κ2) is 8.89. The molecule has 2 aromatic heterocycles. The first kappa shape index (κ1) is 22.8. The topological polar surface area (TPSA) is 93.3 Å². The number of aryl methyl sites for hydroxylation is 1. The molecule has 1 aromatic carbocycles. The van der Waals surface area contributed by atoms with E-state index >= 15 is 0 Å². The number of benzene rings is 1. The van der Waals surface area contributed by atoms with Crippen LogP contribution in [0.4, 0.5) is 19.0 Å². The number of carbonyl (C=O) groups excluding carboxylic acids is 2. The van der Waals surface area contributed by atoms with Crippen LogP contribution in [0.15, 0.2) is 41.1 Å². The minimum absolute atomic E-state index is 0.129. The van der Waals surface area contributed by atoms with Gasteiger partial charge in [0.15, 0.2) is 11.5 Å². The number of alkyl halides is 3. The van der Waals surface area contributed by atoms with Crippen LogP contribution in [0.25, 0.3) is 5.69 Å². The monoisotopic (exact) mass is 481 g/mol. The number of aromatic nitrogens is 3. The van der Waals surface area contributed by atoms with Gasteiger partial charge in [-0.2, -0.15) is 18.3 Å². The molecule has 12 heteroatoms. The van der Waals surface area contributed by atoms with E-state index in [9.17, 15) is 22.8 Å². The summed E-state index contributed by atoms with van der Waals surface area (Å²) in [6, 6.07) is 7.24. The first-order chi connectivity index (χ1) is 15.6. The molecule has 0 spiro atoms. The van der Waals surface area contributed by atoms with Crippen LogP contribution in [-0.2, 0) is 11.0 Å². The van der Waals surface area contributed by atoms with E-state index < -0.39 is 29.3 Å². The Kier molecular flexibility index (Phi) is 6.15. The number of likely N-dealkylation sites (tertiary alicyclic amines) is 1. The van der Waals surface area contributed by atoms with Crippen molar-refractivity contribution >= 4 is 29.2 Å². The number of anilines is 1. The van der Waals surface area contributed by atoms with E-state index in [-0.39, 0.29) is 24.7 Å². The molecule has 0 unspecified atom stereocenters. The standard InChI is InChI=1S/C21H19ClF3N5O3/c1-12-10-17(28-33-12)27-19(31)13-6-8-29(9-7-13)20(32)16-11-26-30(18(16)21(23,24)25)15-4-2-14(22)3-5-15/h2-5,10-11,13H,6-9H2,1H3,(H,27,28,31). The Labute approximate surface area is 191 Å². The van der Waals surface area contributed by atoms with Crippen molar-refractivity contribution in [2.75, 3.05) is 18.4 Å². The molecule has 1 saturated heterocycles. The van der Waals surface area contributed by atoms with E-state index in [1.54, 1.807) is 13.0 Å². The SMILES string of the molecule is Cc1cc(NC(=O)C2CCN(C(=O)c3cnn(-c4ccc(Cl)cc4)c3C(F)(F)F)CC2)no1. The Morgan fingerprint density at radius 1 is 1.18 bits per heavy atom. The Morgan fingerprint density at radius 3 is 2.42 bits per heavy atom. The first-order valence-corrected chi connectivity index (χ1v) is 10.5. The molecule has 3 aromatic rings. The third-order valence-corrected chi connectivity index (χ3v) is 5.62. The number of rotatable bonds is 4. The van der Waals surface area contributed by atoms with Gasteiger partial charge in [-0.1, -0.05) is 16.8 Å². The highest BCUT2D eigenvalue weighted by Gasteiger charge is 2.42. The molecule has 0 saturated carbocycles. The second-order valence-corrected chi connectivity index (χ2v) is 8.11. The van der Waals surface area contributed by atoms with E-state index in [1.165, 1.54) is 29.2 Å². The summed E-state index contributed by atoms with van der Waals surface area (Å²) in [5.74, 6) is -0.619. The highest BCUT2D eigenvalue weighted by atomic mass is 35.5. The maximum atomic E-state index is 13.9. The summed E-state index contributed by atoms with van der Waals surface area (Å²) in [5.41, 5.74) is -1.57. The molecule has 4 rings (SSSR count). The number of nitrogens with zero attached hydrogens (tertiary/aromatic N) is 4. The fourth-order valence-corrected chi connectivity index (χ4v) is 3.85. The molecule has 8 nitrogen and oxygen atoms in total. The average molecular weight is 482 g/mol. The lowest BCUT2D eigenvalue weighted by Gasteiger charge is -2.31. The summed E-state index contributed by atoms with van der Waals surface area (Å²) in [5, 5.41) is 10.5. The average Bonchev–Trinajstić information content (AvgIpc) is 3.40. The van der Waals surface area contributed by atoms with Crippen LogP contribution in [0, 0.1) is 12.8 Å². The van der Waals surface area contributed by atoms with E-state index in [2.05, 4.69) is 15.6 Å². The fourth-order valence-electron chi connectivity index (χ4n) is 3.72. The molecule has 0 aliphatic carbocycles. The van der Waals surface area contributed by atoms with Crippen LogP contribution in [0.5, 0.6) is 0 Å².